The van der Waals surface area contributed by atoms with E-state index in [1.54, 1.807) is 19.1 Å². The first-order valence-corrected chi connectivity index (χ1v) is 6.65. The number of carbonyl (C=O) groups is 1. The number of aryl methyl sites for hydroxylation is 1. The molecule has 0 aliphatic rings. The van der Waals surface area contributed by atoms with E-state index in [1.807, 2.05) is 12.1 Å². The smallest absolute Gasteiger partial charge is 0.351 e. The highest BCUT2D eigenvalue weighted by molar-refractivity contribution is 6.30. The quantitative estimate of drug-likeness (QED) is 0.804. The summed E-state index contributed by atoms with van der Waals surface area (Å²) in [6.45, 7) is 3.13. The minimum absolute atomic E-state index is 0.0679. The van der Waals surface area contributed by atoms with Crippen molar-refractivity contribution in [3.05, 3.63) is 57.0 Å². The summed E-state index contributed by atoms with van der Waals surface area (Å²) >= 11 is 5.83. The summed E-state index contributed by atoms with van der Waals surface area (Å²) in [5, 5.41) is 0.617. The van der Waals surface area contributed by atoms with Crippen LogP contribution in [0.25, 0.3) is 0 Å². The molecule has 0 aliphatic carbocycles. The van der Waals surface area contributed by atoms with Crippen LogP contribution < -0.4 is 5.69 Å². The Balaban J connectivity index is 2.34. The number of carbonyl (C=O) groups excluding carboxylic acids is 1. The van der Waals surface area contributed by atoms with Crippen LogP contribution >= 0.6 is 11.6 Å². The first-order valence-electron chi connectivity index (χ1n) is 6.28. The summed E-state index contributed by atoms with van der Waals surface area (Å²) in [6, 6.07) is 7.10. The largest absolute Gasteiger partial charge is 0.458 e. The van der Waals surface area contributed by atoms with Crippen LogP contribution in [0.15, 0.2) is 29.1 Å². The number of hydrogen-bond donors (Lipinski definition) is 0. The van der Waals surface area contributed by atoms with Gasteiger partial charge in [-0.15, -0.1) is 0 Å². The van der Waals surface area contributed by atoms with Crippen LogP contribution in [0.4, 0.5) is 0 Å². The van der Waals surface area contributed by atoms with E-state index in [2.05, 4.69) is 9.97 Å². The van der Waals surface area contributed by atoms with Crippen LogP contribution in [-0.2, 0) is 22.7 Å². The Hall–Kier alpha value is -2.21. The monoisotopic (exact) mass is 307 g/mol. The van der Waals surface area contributed by atoms with Crippen molar-refractivity contribution in [2.75, 3.05) is 0 Å². The number of esters is 1. The van der Waals surface area contributed by atoms with E-state index in [0.717, 1.165) is 5.56 Å². The SMILES string of the molecule is CC(=O)OCc1nc(C)nc(=O)n1Cc1ccc(Cl)cc1. The van der Waals surface area contributed by atoms with Gasteiger partial charge in [0.25, 0.3) is 0 Å². The molecule has 2 aromatic rings. The topological polar surface area (TPSA) is 74.1 Å². The number of nitrogens with zero attached hydrogens (tertiary/aromatic N) is 3. The van der Waals surface area contributed by atoms with Gasteiger partial charge in [-0.3, -0.25) is 9.36 Å². The molecule has 1 aromatic carbocycles. The zero-order valence-electron chi connectivity index (χ0n) is 11.7. The Bertz CT molecular complexity index is 710. The van der Waals surface area contributed by atoms with Crippen molar-refractivity contribution in [1.82, 2.24) is 14.5 Å². The fourth-order valence-electron chi connectivity index (χ4n) is 1.79. The third-order valence-corrected chi connectivity index (χ3v) is 3.00. The highest BCUT2D eigenvalue weighted by Crippen LogP contribution is 2.11. The highest BCUT2D eigenvalue weighted by atomic mass is 35.5. The third kappa shape index (κ3) is 4.13. The Morgan fingerprint density at radius 2 is 1.95 bits per heavy atom. The van der Waals surface area contributed by atoms with Crippen molar-refractivity contribution >= 4 is 17.6 Å². The first kappa shape index (κ1) is 15.2. The second-order valence-electron chi connectivity index (χ2n) is 4.46. The van der Waals surface area contributed by atoms with Crippen LogP contribution in [0.1, 0.15) is 24.1 Å². The minimum Gasteiger partial charge on any atom is -0.458 e. The number of hydrogen-bond acceptors (Lipinski definition) is 5. The van der Waals surface area contributed by atoms with E-state index in [1.165, 1.54) is 11.5 Å². The van der Waals surface area contributed by atoms with Gasteiger partial charge in [-0.1, -0.05) is 23.7 Å². The molecule has 0 radical (unpaired) electrons. The molecule has 110 valence electrons. The molecule has 21 heavy (non-hydrogen) atoms. The van der Waals surface area contributed by atoms with Gasteiger partial charge in [0.15, 0.2) is 5.82 Å². The van der Waals surface area contributed by atoms with Gasteiger partial charge in [-0.05, 0) is 24.6 Å². The van der Waals surface area contributed by atoms with Crippen molar-refractivity contribution in [3.8, 4) is 0 Å². The standard InChI is InChI=1S/C14H14ClN3O3/c1-9-16-13(8-21-10(2)19)18(14(20)17-9)7-11-3-5-12(15)6-4-11/h3-6H,7-8H2,1-2H3. The summed E-state index contributed by atoms with van der Waals surface area (Å²) in [5.74, 6) is 0.268. The molecule has 0 unspecified atom stereocenters. The van der Waals surface area contributed by atoms with E-state index in [9.17, 15) is 9.59 Å². The maximum atomic E-state index is 12.0. The lowest BCUT2D eigenvalue weighted by molar-refractivity contribution is -0.142. The van der Waals surface area contributed by atoms with Crippen LogP contribution in [0, 0.1) is 6.92 Å². The highest BCUT2D eigenvalue weighted by Gasteiger charge is 2.10. The Labute approximate surface area is 126 Å². The average molecular weight is 308 g/mol. The molecule has 1 heterocycles. The lowest BCUT2D eigenvalue weighted by atomic mass is 10.2. The molecule has 0 fully saturated rings. The lowest BCUT2D eigenvalue weighted by Crippen LogP contribution is -2.29. The Morgan fingerprint density at radius 3 is 2.57 bits per heavy atom. The van der Waals surface area contributed by atoms with E-state index >= 15 is 0 Å². The van der Waals surface area contributed by atoms with Crippen molar-refractivity contribution in [3.63, 3.8) is 0 Å². The van der Waals surface area contributed by atoms with Crippen molar-refractivity contribution < 1.29 is 9.53 Å². The number of halogens is 1. The van der Waals surface area contributed by atoms with Gasteiger partial charge in [0.2, 0.25) is 0 Å². The Morgan fingerprint density at radius 1 is 1.29 bits per heavy atom. The maximum absolute atomic E-state index is 12.0. The van der Waals surface area contributed by atoms with Gasteiger partial charge in [-0.25, -0.2) is 9.78 Å². The van der Waals surface area contributed by atoms with Gasteiger partial charge >= 0.3 is 11.7 Å². The van der Waals surface area contributed by atoms with E-state index in [-0.39, 0.29) is 13.2 Å². The zero-order valence-corrected chi connectivity index (χ0v) is 12.4. The molecule has 0 saturated carbocycles. The van der Waals surface area contributed by atoms with Gasteiger partial charge in [-0.2, -0.15) is 4.98 Å². The second-order valence-corrected chi connectivity index (χ2v) is 4.90. The molecule has 0 bridgehead atoms. The summed E-state index contributed by atoms with van der Waals surface area (Å²) < 4.78 is 6.30. The lowest BCUT2D eigenvalue weighted by Gasteiger charge is -2.12. The molecule has 0 atom stereocenters. The minimum atomic E-state index is -0.434. The van der Waals surface area contributed by atoms with Gasteiger partial charge < -0.3 is 4.74 Å². The fourth-order valence-corrected chi connectivity index (χ4v) is 1.91. The molecule has 2 rings (SSSR count). The van der Waals surface area contributed by atoms with E-state index in [4.69, 9.17) is 16.3 Å². The van der Waals surface area contributed by atoms with Crippen molar-refractivity contribution in [2.45, 2.75) is 27.0 Å². The molecular formula is C14H14ClN3O3. The predicted octanol–water partition coefficient (Wildman–Crippen LogP) is 1.71. The van der Waals surface area contributed by atoms with Crippen LogP contribution in [-0.4, -0.2) is 20.5 Å². The summed E-state index contributed by atoms with van der Waals surface area (Å²) in [6.07, 6.45) is 0. The number of aromatic nitrogens is 3. The molecule has 0 saturated heterocycles. The molecule has 7 heteroatoms. The number of benzene rings is 1. The number of ether oxygens (including phenoxy) is 1. The number of rotatable bonds is 4. The summed E-state index contributed by atoms with van der Waals surface area (Å²) in [4.78, 5) is 30.9. The zero-order chi connectivity index (χ0) is 15.4. The molecule has 1 aromatic heterocycles. The second kappa shape index (κ2) is 6.49. The predicted molar refractivity (Wildman–Crippen MR) is 77.1 cm³/mol. The maximum Gasteiger partial charge on any atom is 0.351 e. The van der Waals surface area contributed by atoms with Gasteiger partial charge in [0, 0.05) is 11.9 Å². The average Bonchev–Trinajstić information content (AvgIpc) is 2.42. The fraction of sp³-hybridized carbons (Fsp3) is 0.286. The molecular weight excluding hydrogens is 294 g/mol. The van der Waals surface area contributed by atoms with E-state index < -0.39 is 11.7 Å². The molecule has 0 spiro atoms. The van der Waals surface area contributed by atoms with Crippen molar-refractivity contribution in [1.29, 1.82) is 0 Å². The molecule has 0 amide bonds. The third-order valence-electron chi connectivity index (χ3n) is 2.75. The molecule has 6 nitrogen and oxygen atoms in total. The van der Waals surface area contributed by atoms with Gasteiger partial charge in [0.05, 0.1) is 6.54 Å². The van der Waals surface area contributed by atoms with Crippen LogP contribution in [0.5, 0.6) is 0 Å². The Kier molecular flexibility index (Phi) is 4.70. The van der Waals surface area contributed by atoms with Crippen LogP contribution in [0.2, 0.25) is 5.02 Å². The first-order chi connectivity index (χ1) is 9.95. The summed E-state index contributed by atoms with van der Waals surface area (Å²) in [7, 11) is 0. The molecule has 0 N–H and O–H groups in total. The normalized spacial score (nSPS) is 10.4. The van der Waals surface area contributed by atoms with Gasteiger partial charge in [0.1, 0.15) is 12.4 Å². The summed E-state index contributed by atoms with van der Waals surface area (Å²) in [5.41, 5.74) is 0.442. The van der Waals surface area contributed by atoms with Crippen LogP contribution in [0.3, 0.4) is 0 Å². The van der Waals surface area contributed by atoms with E-state index in [0.29, 0.717) is 16.7 Å². The molecule has 0 aliphatic heterocycles. The van der Waals surface area contributed by atoms with Crippen molar-refractivity contribution in [2.24, 2.45) is 0 Å².